The zero-order chi connectivity index (χ0) is 26.4. The number of para-hydroxylation sites is 1. The first-order valence-electron chi connectivity index (χ1n) is 12.2. The third-order valence-electron chi connectivity index (χ3n) is 6.35. The zero-order valence-electron chi connectivity index (χ0n) is 21.4. The minimum Gasteiger partial charge on any atom is -0.507 e. The number of hydrogen-bond acceptors (Lipinski definition) is 6. The van der Waals surface area contributed by atoms with E-state index < -0.39 is 17.7 Å². The number of rotatable bonds is 10. The van der Waals surface area contributed by atoms with Crippen molar-refractivity contribution in [2.24, 2.45) is 0 Å². The van der Waals surface area contributed by atoms with Crippen molar-refractivity contribution in [3.05, 3.63) is 101 Å². The second-order valence-corrected chi connectivity index (χ2v) is 9.19. The third kappa shape index (κ3) is 5.84. The maximum atomic E-state index is 13.3. The SMILES string of the molecule is COc1ccccc1[C@@H]1C(=C(O)c2ccc(OCc3ccccc3)cc2)C(=O)C(=O)N1CCCN(C)C. The lowest BCUT2D eigenvalue weighted by molar-refractivity contribution is -0.140. The van der Waals surface area contributed by atoms with Crippen molar-refractivity contribution < 1.29 is 24.2 Å². The highest BCUT2D eigenvalue weighted by Crippen LogP contribution is 2.42. The summed E-state index contributed by atoms with van der Waals surface area (Å²) in [4.78, 5) is 30.0. The number of amides is 1. The fourth-order valence-corrected chi connectivity index (χ4v) is 4.49. The van der Waals surface area contributed by atoms with Crippen LogP contribution in [0.15, 0.2) is 84.4 Å². The van der Waals surface area contributed by atoms with Gasteiger partial charge < -0.3 is 24.4 Å². The van der Waals surface area contributed by atoms with Crippen molar-refractivity contribution >= 4 is 17.4 Å². The van der Waals surface area contributed by atoms with Gasteiger partial charge in [-0.3, -0.25) is 9.59 Å². The third-order valence-corrected chi connectivity index (χ3v) is 6.35. The monoisotopic (exact) mass is 500 g/mol. The molecule has 1 N–H and O–H groups in total. The summed E-state index contributed by atoms with van der Waals surface area (Å²) in [6.07, 6.45) is 0.680. The van der Waals surface area contributed by atoms with E-state index in [2.05, 4.69) is 0 Å². The van der Waals surface area contributed by atoms with Crippen LogP contribution in [0.1, 0.15) is 29.2 Å². The van der Waals surface area contributed by atoms with E-state index in [0.29, 0.717) is 42.2 Å². The lowest BCUT2D eigenvalue weighted by atomic mass is 9.94. The van der Waals surface area contributed by atoms with Crippen LogP contribution in [-0.4, -0.2) is 60.9 Å². The van der Waals surface area contributed by atoms with Gasteiger partial charge in [0.25, 0.3) is 11.7 Å². The van der Waals surface area contributed by atoms with Gasteiger partial charge in [-0.05, 0) is 63.0 Å². The summed E-state index contributed by atoms with van der Waals surface area (Å²) >= 11 is 0. The van der Waals surface area contributed by atoms with E-state index in [1.54, 1.807) is 37.4 Å². The van der Waals surface area contributed by atoms with Crippen LogP contribution in [-0.2, 0) is 16.2 Å². The van der Waals surface area contributed by atoms with Gasteiger partial charge in [0.05, 0.1) is 18.7 Å². The minimum absolute atomic E-state index is 0.0531. The zero-order valence-corrected chi connectivity index (χ0v) is 21.4. The molecule has 7 nitrogen and oxygen atoms in total. The summed E-state index contributed by atoms with van der Waals surface area (Å²) in [5.41, 5.74) is 2.18. The predicted molar refractivity (Wildman–Crippen MR) is 142 cm³/mol. The number of carbonyl (C=O) groups excluding carboxylic acids is 2. The summed E-state index contributed by atoms with van der Waals surface area (Å²) in [5.74, 6) is -0.381. The van der Waals surface area contributed by atoms with Gasteiger partial charge in [-0.15, -0.1) is 0 Å². The first-order chi connectivity index (χ1) is 17.9. The molecule has 0 radical (unpaired) electrons. The number of nitrogens with zero attached hydrogens (tertiary/aromatic N) is 2. The van der Waals surface area contributed by atoms with Gasteiger partial charge >= 0.3 is 0 Å². The fourth-order valence-electron chi connectivity index (χ4n) is 4.49. The molecule has 37 heavy (non-hydrogen) atoms. The molecule has 192 valence electrons. The summed E-state index contributed by atoms with van der Waals surface area (Å²) < 4.78 is 11.4. The van der Waals surface area contributed by atoms with Gasteiger partial charge in [0.1, 0.15) is 23.9 Å². The van der Waals surface area contributed by atoms with Crippen LogP contribution in [0.5, 0.6) is 11.5 Å². The molecule has 0 spiro atoms. The second-order valence-electron chi connectivity index (χ2n) is 9.19. The number of carbonyl (C=O) groups is 2. The molecule has 1 saturated heterocycles. The van der Waals surface area contributed by atoms with Gasteiger partial charge in [0, 0.05) is 17.7 Å². The number of methoxy groups -OCH3 is 1. The Labute approximate surface area is 217 Å². The maximum absolute atomic E-state index is 13.3. The average molecular weight is 501 g/mol. The number of ether oxygens (including phenoxy) is 2. The Bertz CT molecular complexity index is 1270. The van der Waals surface area contributed by atoms with E-state index in [-0.39, 0.29) is 11.3 Å². The Hall–Kier alpha value is -4.10. The molecule has 0 bridgehead atoms. The first-order valence-corrected chi connectivity index (χ1v) is 12.2. The molecule has 7 heteroatoms. The Morgan fingerprint density at radius 3 is 2.30 bits per heavy atom. The van der Waals surface area contributed by atoms with Crippen LogP contribution in [0.2, 0.25) is 0 Å². The van der Waals surface area contributed by atoms with E-state index in [9.17, 15) is 14.7 Å². The van der Waals surface area contributed by atoms with Crippen molar-refractivity contribution in [3.8, 4) is 11.5 Å². The first kappa shape index (κ1) is 26.0. The number of aliphatic hydroxyl groups excluding tert-OH is 1. The van der Waals surface area contributed by atoms with Gasteiger partial charge in [0.2, 0.25) is 0 Å². The number of likely N-dealkylation sites (tertiary alicyclic amines) is 1. The molecule has 1 heterocycles. The Morgan fingerprint density at radius 1 is 0.946 bits per heavy atom. The van der Waals surface area contributed by atoms with E-state index >= 15 is 0 Å². The van der Waals surface area contributed by atoms with Gasteiger partial charge in [-0.25, -0.2) is 0 Å². The molecule has 1 fully saturated rings. The van der Waals surface area contributed by atoms with Crippen LogP contribution in [0, 0.1) is 0 Å². The van der Waals surface area contributed by atoms with E-state index in [0.717, 1.165) is 12.1 Å². The smallest absolute Gasteiger partial charge is 0.295 e. The number of ketones is 1. The molecule has 3 aromatic rings. The minimum atomic E-state index is -0.757. The van der Waals surface area contributed by atoms with E-state index in [1.165, 1.54) is 4.90 Å². The van der Waals surface area contributed by atoms with Gasteiger partial charge in [-0.1, -0.05) is 48.5 Å². The molecule has 1 aliphatic heterocycles. The summed E-state index contributed by atoms with van der Waals surface area (Å²) in [6.45, 7) is 1.54. The Balaban J connectivity index is 1.67. The molecule has 4 rings (SSSR count). The van der Waals surface area contributed by atoms with Crippen LogP contribution < -0.4 is 9.47 Å². The van der Waals surface area contributed by atoms with Gasteiger partial charge in [-0.2, -0.15) is 0 Å². The molecule has 1 atom stereocenters. The number of hydrogen-bond donors (Lipinski definition) is 1. The van der Waals surface area contributed by atoms with Crippen LogP contribution in [0.3, 0.4) is 0 Å². The molecule has 0 saturated carbocycles. The lowest BCUT2D eigenvalue weighted by Crippen LogP contribution is -2.32. The molecular formula is C30H32N2O5. The van der Waals surface area contributed by atoms with Crippen LogP contribution in [0.25, 0.3) is 5.76 Å². The Kier molecular flexibility index (Phi) is 8.25. The highest BCUT2D eigenvalue weighted by atomic mass is 16.5. The lowest BCUT2D eigenvalue weighted by Gasteiger charge is -2.27. The summed E-state index contributed by atoms with van der Waals surface area (Å²) in [7, 11) is 5.46. The molecule has 1 amide bonds. The van der Waals surface area contributed by atoms with Crippen LogP contribution >= 0.6 is 0 Å². The molecule has 0 aromatic heterocycles. The standard InChI is InChI=1S/C30H32N2O5/c1-31(2)18-9-19-32-27(24-12-7-8-13-25(24)36-3)26(29(34)30(32)35)28(33)22-14-16-23(17-15-22)37-20-21-10-5-4-6-11-21/h4-8,10-17,27,33H,9,18-20H2,1-3H3/t27-/m1/s1. The van der Waals surface area contributed by atoms with Crippen molar-refractivity contribution in [1.29, 1.82) is 0 Å². The highest BCUT2D eigenvalue weighted by Gasteiger charge is 2.46. The normalized spacial score (nSPS) is 16.9. The molecule has 3 aromatic carbocycles. The average Bonchev–Trinajstić information content (AvgIpc) is 3.17. The maximum Gasteiger partial charge on any atom is 0.295 e. The number of aliphatic hydroxyl groups is 1. The Morgan fingerprint density at radius 2 is 1.62 bits per heavy atom. The number of benzene rings is 3. The highest BCUT2D eigenvalue weighted by molar-refractivity contribution is 6.46. The van der Waals surface area contributed by atoms with Crippen molar-refractivity contribution in [3.63, 3.8) is 0 Å². The molecule has 0 aliphatic carbocycles. The second kappa shape index (κ2) is 11.8. The van der Waals surface area contributed by atoms with Gasteiger partial charge in [0.15, 0.2) is 0 Å². The van der Waals surface area contributed by atoms with Crippen molar-refractivity contribution in [1.82, 2.24) is 9.80 Å². The molecule has 0 unspecified atom stereocenters. The van der Waals surface area contributed by atoms with Crippen molar-refractivity contribution in [2.75, 3.05) is 34.3 Å². The number of Topliss-reactive ketones (excluding diaryl/α,β-unsaturated/α-hetero) is 1. The van der Waals surface area contributed by atoms with Crippen molar-refractivity contribution in [2.45, 2.75) is 19.1 Å². The van der Waals surface area contributed by atoms with Crippen LogP contribution in [0.4, 0.5) is 0 Å². The topological polar surface area (TPSA) is 79.3 Å². The predicted octanol–water partition coefficient (Wildman–Crippen LogP) is 4.65. The molecular weight excluding hydrogens is 468 g/mol. The summed E-state index contributed by atoms with van der Waals surface area (Å²) in [6, 6.07) is 23.2. The largest absolute Gasteiger partial charge is 0.507 e. The van der Waals surface area contributed by atoms with E-state index in [1.807, 2.05) is 67.5 Å². The quantitative estimate of drug-likeness (QED) is 0.248. The summed E-state index contributed by atoms with van der Waals surface area (Å²) in [5, 5.41) is 11.3. The molecule has 1 aliphatic rings. The van der Waals surface area contributed by atoms with E-state index in [4.69, 9.17) is 9.47 Å². The fraction of sp³-hybridized carbons (Fsp3) is 0.267.